The van der Waals surface area contributed by atoms with Gasteiger partial charge in [-0.15, -0.1) is 0 Å². The van der Waals surface area contributed by atoms with Gasteiger partial charge >= 0.3 is 0 Å². The van der Waals surface area contributed by atoms with Gasteiger partial charge in [-0.25, -0.2) is 13.4 Å². The molecule has 1 unspecified atom stereocenters. The number of aromatic nitrogens is 2. The third kappa shape index (κ3) is 3.37. The molecule has 1 aliphatic heterocycles. The number of sulfone groups is 1. The minimum Gasteiger partial charge on any atom is -0.335 e. The minimum absolute atomic E-state index is 0.0397. The van der Waals surface area contributed by atoms with Crippen LogP contribution >= 0.6 is 0 Å². The first-order valence-electron chi connectivity index (χ1n) is 7.35. The molecular formula is C14H21N3O4S. The van der Waals surface area contributed by atoms with E-state index in [0.717, 1.165) is 0 Å². The molecule has 22 heavy (non-hydrogen) atoms. The van der Waals surface area contributed by atoms with Gasteiger partial charge in [0.15, 0.2) is 9.84 Å². The Morgan fingerprint density at radius 2 is 2.18 bits per heavy atom. The molecule has 122 valence electrons. The molecule has 1 saturated heterocycles. The van der Waals surface area contributed by atoms with E-state index in [9.17, 15) is 18.0 Å². The van der Waals surface area contributed by atoms with Crippen LogP contribution in [0.4, 0.5) is 0 Å². The van der Waals surface area contributed by atoms with E-state index in [2.05, 4.69) is 9.97 Å². The molecule has 0 bridgehead atoms. The lowest BCUT2D eigenvalue weighted by molar-refractivity contribution is 0.0706. The van der Waals surface area contributed by atoms with Crippen molar-refractivity contribution in [3.05, 3.63) is 27.9 Å². The summed E-state index contributed by atoms with van der Waals surface area (Å²) in [6.45, 7) is 5.90. The smallest absolute Gasteiger partial charge is 0.263 e. The van der Waals surface area contributed by atoms with Crippen molar-refractivity contribution in [1.29, 1.82) is 0 Å². The SMILES string of the molecule is CCN(C(=O)c1cnc(C(C)C)[nH]c1=O)C1CCS(=O)(=O)C1. The summed E-state index contributed by atoms with van der Waals surface area (Å²) >= 11 is 0. The second-order valence-corrected chi connectivity index (χ2v) is 8.04. The first-order valence-corrected chi connectivity index (χ1v) is 9.18. The molecule has 1 aliphatic rings. The zero-order valence-corrected chi connectivity index (χ0v) is 13.8. The first-order chi connectivity index (χ1) is 10.2. The molecule has 0 aliphatic carbocycles. The second kappa shape index (κ2) is 6.20. The number of carbonyl (C=O) groups is 1. The van der Waals surface area contributed by atoms with Crippen LogP contribution in [-0.2, 0) is 9.84 Å². The predicted octanol–water partition coefficient (Wildman–Crippen LogP) is 0.542. The lowest BCUT2D eigenvalue weighted by Crippen LogP contribution is -2.43. The number of rotatable bonds is 4. The Hall–Kier alpha value is -1.70. The number of nitrogens with zero attached hydrogens (tertiary/aromatic N) is 2. The van der Waals surface area contributed by atoms with E-state index in [1.165, 1.54) is 11.1 Å². The van der Waals surface area contributed by atoms with E-state index in [4.69, 9.17) is 0 Å². The van der Waals surface area contributed by atoms with Crippen LogP contribution in [0.25, 0.3) is 0 Å². The molecule has 1 amide bonds. The molecule has 1 aromatic rings. The standard InChI is InChI=1S/C14H21N3O4S/c1-4-17(10-5-6-22(20,21)8-10)14(19)11-7-15-12(9(2)3)16-13(11)18/h7,9-10H,4-6,8H2,1-3H3,(H,15,16,18). The number of amides is 1. The molecule has 0 saturated carbocycles. The van der Waals surface area contributed by atoms with Gasteiger partial charge in [0.25, 0.3) is 11.5 Å². The fourth-order valence-electron chi connectivity index (χ4n) is 2.60. The van der Waals surface area contributed by atoms with Gasteiger partial charge in [0.1, 0.15) is 11.4 Å². The number of carbonyl (C=O) groups excluding carboxylic acids is 1. The Labute approximate surface area is 129 Å². The number of aromatic amines is 1. The highest BCUT2D eigenvalue weighted by Gasteiger charge is 2.35. The van der Waals surface area contributed by atoms with E-state index in [0.29, 0.717) is 18.8 Å². The topological polar surface area (TPSA) is 100 Å². The summed E-state index contributed by atoms with van der Waals surface area (Å²) in [5, 5.41) is 0. The van der Waals surface area contributed by atoms with Crippen LogP contribution in [0.3, 0.4) is 0 Å². The number of hydrogen-bond acceptors (Lipinski definition) is 5. The highest BCUT2D eigenvalue weighted by molar-refractivity contribution is 7.91. The third-order valence-corrected chi connectivity index (χ3v) is 5.60. The molecule has 1 fully saturated rings. The van der Waals surface area contributed by atoms with Crippen LogP contribution in [-0.4, -0.2) is 53.3 Å². The molecule has 1 atom stereocenters. The van der Waals surface area contributed by atoms with Crippen molar-refractivity contribution in [2.24, 2.45) is 0 Å². The quantitative estimate of drug-likeness (QED) is 0.870. The minimum atomic E-state index is -3.09. The summed E-state index contributed by atoms with van der Waals surface area (Å²) in [6, 6.07) is -0.369. The maximum absolute atomic E-state index is 12.5. The summed E-state index contributed by atoms with van der Waals surface area (Å²) in [4.78, 5) is 32.8. The molecule has 7 nitrogen and oxygen atoms in total. The summed E-state index contributed by atoms with van der Waals surface area (Å²) in [5.41, 5.74) is -0.529. The van der Waals surface area contributed by atoms with Crippen molar-refractivity contribution in [1.82, 2.24) is 14.9 Å². The molecule has 1 aromatic heterocycles. The number of hydrogen-bond donors (Lipinski definition) is 1. The van der Waals surface area contributed by atoms with Crippen LogP contribution in [0.1, 0.15) is 49.3 Å². The fraction of sp³-hybridized carbons (Fsp3) is 0.643. The molecule has 2 heterocycles. The maximum Gasteiger partial charge on any atom is 0.263 e. The Morgan fingerprint density at radius 1 is 1.50 bits per heavy atom. The Morgan fingerprint density at radius 3 is 2.64 bits per heavy atom. The molecule has 0 spiro atoms. The van der Waals surface area contributed by atoms with Gasteiger partial charge in [-0.2, -0.15) is 0 Å². The summed E-state index contributed by atoms with van der Waals surface area (Å²) in [5.74, 6) is 0.158. The van der Waals surface area contributed by atoms with Crippen molar-refractivity contribution in [3.63, 3.8) is 0 Å². The zero-order valence-electron chi connectivity index (χ0n) is 13.0. The van der Waals surface area contributed by atoms with Crippen LogP contribution in [0.15, 0.2) is 11.0 Å². The van der Waals surface area contributed by atoms with Crippen molar-refractivity contribution < 1.29 is 13.2 Å². The molecule has 1 N–H and O–H groups in total. The van der Waals surface area contributed by atoms with E-state index in [1.807, 2.05) is 13.8 Å². The lowest BCUT2D eigenvalue weighted by atomic mass is 10.1. The van der Waals surface area contributed by atoms with E-state index in [-0.39, 0.29) is 29.0 Å². The first kappa shape index (κ1) is 16.7. The van der Waals surface area contributed by atoms with Gasteiger partial charge < -0.3 is 9.88 Å². The van der Waals surface area contributed by atoms with E-state index < -0.39 is 21.3 Å². The van der Waals surface area contributed by atoms with Gasteiger partial charge in [0, 0.05) is 24.7 Å². The molecule has 0 radical (unpaired) electrons. The molecule has 0 aromatic carbocycles. The van der Waals surface area contributed by atoms with Gasteiger partial charge in [0.05, 0.1) is 11.5 Å². The lowest BCUT2D eigenvalue weighted by Gasteiger charge is -2.26. The van der Waals surface area contributed by atoms with Crippen LogP contribution in [0, 0.1) is 0 Å². The van der Waals surface area contributed by atoms with Crippen LogP contribution in [0.2, 0.25) is 0 Å². The highest BCUT2D eigenvalue weighted by Crippen LogP contribution is 2.19. The van der Waals surface area contributed by atoms with E-state index in [1.54, 1.807) is 6.92 Å². The largest absolute Gasteiger partial charge is 0.335 e. The number of nitrogens with one attached hydrogen (secondary N) is 1. The second-order valence-electron chi connectivity index (χ2n) is 5.81. The fourth-order valence-corrected chi connectivity index (χ4v) is 4.33. The highest BCUT2D eigenvalue weighted by atomic mass is 32.2. The Kier molecular flexibility index (Phi) is 4.69. The van der Waals surface area contributed by atoms with Crippen molar-refractivity contribution in [2.75, 3.05) is 18.1 Å². The van der Waals surface area contributed by atoms with Gasteiger partial charge in [0.2, 0.25) is 0 Å². The number of H-pyrrole nitrogens is 1. The van der Waals surface area contributed by atoms with Crippen LogP contribution in [0.5, 0.6) is 0 Å². The van der Waals surface area contributed by atoms with Gasteiger partial charge in [-0.05, 0) is 13.3 Å². The predicted molar refractivity (Wildman–Crippen MR) is 82.7 cm³/mol. The third-order valence-electron chi connectivity index (χ3n) is 3.85. The monoisotopic (exact) mass is 327 g/mol. The Balaban J connectivity index is 2.28. The summed E-state index contributed by atoms with van der Waals surface area (Å²) in [6.07, 6.45) is 1.69. The van der Waals surface area contributed by atoms with Crippen molar-refractivity contribution in [2.45, 2.75) is 39.2 Å². The molecular weight excluding hydrogens is 306 g/mol. The zero-order chi connectivity index (χ0) is 16.5. The normalized spacial score (nSPS) is 20.3. The van der Waals surface area contributed by atoms with Gasteiger partial charge in [-0.3, -0.25) is 9.59 Å². The molecule has 2 rings (SSSR count). The maximum atomic E-state index is 12.5. The summed E-state index contributed by atoms with van der Waals surface area (Å²) in [7, 11) is -3.09. The average molecular weight is 327 g/mol. The Bertz CT molecular complexity index is 724. The average Bonchev–Trinajstić information content (AvgIpc) is 2.79. The van der Waals surface area contributed by atoms with Gasteiger partial charge in [-0.1, -0.05) is 13.8 Å². The van der Waals surface area contributed by atoms with Crippen molar-refractivity contribution >= 4 is 15.7 Å². The van der Waals surface area contributed by atoms with E-state index >= 15 is 0 Å². The van der Waals surface area contributed by atoms with Crippen molar-refractivity contribution in [3.8, 4) is 0 Å². The summed E-state index contributed by atoms with van der Waals surface area (Å²) < 4.78 is 23.2. The van der Waals surface area contributed by atoms with Crippen LogP contribution < -0.4 is 5.56 Å². The molecule has 8 heteroatoms.